The third kappa shape index (κ3) is 10.5. The van der Waals surface area contributed by atoms with E-state index in [2.05, 4.69) is 33.8 Å². The maximum atomic E-state index is 6.30. The van der Waals surface area contributed by atoms with Crippen molar-refractivity contribution in [2.45, 2.75) is 26.5 Å². The molecule has 0 fully saturated rings. The Hall–Kier alpha value is -1.55. The molecule has 172 valence electrons. The van der Waals surface area contributed by atoms with E-state index in [0.29, 0.717) is 38.0 Å². The average Bonchev–Trinajstić information content (AvgIpc) is 2.77. The van der Waals surface area contributed by atoms with E-state index in [1.54, 1.807) is 14.2 Å². The fourth-order valence-electron chi connectivity index (χ4n) is 2.86. The molecule has 0 saturated carbocycles. The smallest absolute Gasteiger partial charge is 0.191 e. The van der Waals surface area contributed by atoms with Crippen LogP contribution in [0.4, 0.5) is 0 Å². The molecule has 2 aromatic rings. The molecule has 0 atom stereocenters. The predicted molar refractivity (Wildman–Crippen MR) is 138 cm³/mol. The molecule has 0 saturated heterocycles. The summed E-state index contributed by atoms with van der Waals surface area (Å²) in [4.78, 5) is 4.29. The molecule has 0 heterocycles. The number of hydrogen-bond donors (Lipinski definition) is 2. The van der Waals surface area contributed by atoms with E-state index in [1.807, 2.05) is 31.2 Å². The van der Waals surface area contributed by atoms with E-state index < -0.39 is 0 Å². The van der Waals surface area contributed by atoms with Crippen LogP contribution in [-0.2, 0) is 29.0 Å². The van der Waals surface area contributed by atoms with Crippen molar-refractivity contribution in [1.82, 2.24) is 10.6 Å². The van der Waals surface area contributed by atoms with E-state index >= 15 is 0 Å². The molecule has 0 unspecified atom stereocenters. The topological polar surface area (TPSA) is 64.1 Å². The fourth-order valence-corrected chi connectivity index (χ4v) is 3.13. The summed E-state index contributed by atoms with van der Waals surface area (Å²) in [6.45, 7) is 5.90. The molecule has 0 radical (unpaired) electrons. The lowest BCUT2D eigenvalue weighted by atomic mass is 10.1. The molecular formula is C23H33ClIN3O3. The number of nitrogens with zero attached hydrogens (tertiary/aromatic N) is 1. The molecule has 8 heteroatoms. The molecule has 0 aromatic heterocycles. The van der Waals surface area contributed by atoms with Crippen LogP contribution >= 0.6 is 35.6 Å². The molecular weight excluding hydrogens is 529 g/mol. The zero-order valence-corrected chi connectivity index (χ0v) is 21.5. The lowest BCUT2D eigenvalue weighted by molar-refractivity contribution is 0.0453. The molecule has 2 rings (SSSR count). The van der Waals surface area contributed by atoms with Gasteiger partial charge in [0, 0.05) is 31.8 Å². The number of aliphatic imine (C=N–C) groups is 1. The fraction of sp³-hybridized carbons (Fsp3) is 0.435. The highest BCUT2D eigenvalue weighted by molar-refractivity contribution is 14.0. The van der Waals surface area contributed by atoms with Gasteiger partial charge in [-0.1, -0.05) is 41.9 Å². The number of ether oxygens (including phenoxy) is 3. The van der Waals surface area contributed by atoms with E-state index in [9.17, 15) is 0 Å². The molecule has 2 N–H and O–H groups in total. The van der Waals surface area contributed by atoms with E-state index in [1.165, 1.54) is 5.56 Å². The van der Waals surface area contributed by atoms with Crippen LogP contribution < -0.4 is 15.4 Å². The number of benzene rings is 2. The Morgan fingerprint density at radius 2 is 1.81 bits per heavy atom. The summed E-state index contributed by atoms with van der Waals surface area (Å²) in [5.74, 6) is 1.51. The number of halogens is 2. The quantitative estimate of drug-likeness (QED) is 0.174. The Labute approximate surface area is 207 Å². The first-order valence-corrected chi connectivity index (χ1v) is 10.5. The van der Waals surface area contributed by atoms with Crippen molar-refractivity contribution in [3.05, 3.63) is 64.2 Å². The Kier molecular flexibility index (Phi) is 14.3. The Bertz CT molecular complexity index is 805. The third-order valence-electron chi connectivity index (χ3n) is 4.47. The van der Waals surface area contributed by atoms with Gasteiger partial charge in [-0.15, -0.1) is 24.0 Å². The molecule has 0 aliphatic carbocycles. The van der Waals surface area contributed by atoms with Crippen LogP contribution in [0.3, 0.4) is 0 Å². The Balaban J connectivity index is 0.00000480. The van der Waals surface area contributed by atoms with Gasteiger partial charge in [0.2, 0.25) is 0 Å². The third-order valence-corrected chi connectivity index (χ3v) is 4.82. The van der Waals surface area contributed by atoms with Gasteiger partial charge in [-0.3, -0.25) is 4.99 Å². The normalized spacial score (nSPS) is 11.0. The van der Waals surface area contributed by atoms with Crippen molar-refractivity contribution in [2.24, 2.45) is 4.99 Å². The van der Waals surface area contributed by atoms with Crippen molar-refractivity contribution < 1.29 is 14.2 Å². The van der Waals surface area contributed by atoms with Crippen molar-refractivity contribution in [3.8, 4) is 5.75 Å². The van der Waals surface area contributed by atoms with Gasteiger partial charge in [-0.05, 0) is 42.2 Å². The summed E-state index contributed by atoms with van der Waals surface area (Å²) in [5, 5.41) is 7.37. The summed E-state index contributed by atoms with van der Waals surface area (Å²) >= 11 is 6.30. The number of rotatable bonds is 12. The second-order valence-electron chi connectivity index (χ2n) is 6.63. The molecule has 0 aliphatic rings. The van der Waals surface area contributed by atoms with Gasteiger partial charge in [-0.25, -0.2) is 0 Å². The SMILES string of the molecule is CCOCCOCc1cccc(CNC(=NC)NCCc2ccc(OC)cc2Cl)c1.I. The summed E-state index contributed by atoms with van der Waals surface area (Å²) < 4.78 is 16.1. The second kappa shape index (κ2) is 16.1. The largest absolute Gasteiger partial charge is 0.497 e. The first kappa shape index (κ1) is 27.5. The Morgan fingerprint density at radius 1 is 1.03 bits per heavy atom. The number of hydrogen-bond acceptors (Lipinski definition) is 4. The molecule has 0 spiro atoms. The van der Waals surface area contributed by atoms with Crippen LogP contribution in [0.15, 0.2) is 47.5 Å². The minimum absolute atomic E-state index is 0. The van der Waals surface area contributed by atoms with Crippen molar-refractivity contribution in [2.75, 3.05) is 40.5 Å². The zero-order valence-electron chi connectivity index (χ0n) is 18.4. The van der Waals surface area contributed by atoms with Crippen molar-refractivity contribution in [1.29, 1.82) is 0 Å². The van der Waals surface area contributed by atoms with Crippen molar-refractivity contribution in [3.63, 3.8) is 0 Å². The maximum absolute atomic E-state index is 6.30. The van der Waals surface area contributed by atoms with Crippen LogP contribution in [0.2, 0.25) is 5.02 Å². The standard InChI is InChI=1S/C23H32ClN3O3.HI/c1-4-29-12-13-30-17-19-7-5-6-18(14-19)16-27-23(25-2)26-11-10-20-8-9-21(28-3)15-22(20)24;/h5-9,14-15H,4,10-13,16-17H2,1-3H3,(H2,25,26,27);1H. The first-order valence-electron chi connectivity index (χ1n) is 10.2. The van der Waals surface area contributed by atoms with Gasteiger partial charge >= 0.3 is 0 Å². The lowest BCUT2D eigenvalue weighted by Gasteiger charge is -2.13. The molecule has 31 heavy (non-hydrogen) atoms. The Morgan fingerprint density at radius 3 is 2.52 bits per heavy atom. The molecule has 0 bridgehead atoms. The van der Waals surface area contributed by atoms with Crippen LogP contribution in [0.5, 0.6) is 5.75 Å². The second-order valence-corrected chi connectivity index (χ2v) is 7.04. The summed E-state index contributed by atoms with van der Waals surface area (Å²) in [7, 11) is 3.39. The minimum Gasteiger partial charge on any atom is -0.497 e. The zero-order chi connectivity index (χ0) is 21.6. The van der Waals surface area contributed by atoms with Gasteiger partial charge in [-0.2, -0.15) is 0 Å². The van der Waals surface area contributed by atoms with E-state index in [-0.39, 0.29) is 24.0 Å². The van der Waals surface area contributed by atoms with Gasteiger partial charge in [0.05, 0.1) is 26.9 Å². The van der Waals surface area contributed by atoms with Crippen LogP contribution in [0.1, 0.15) is 23.6 Å². The summed E-state index contributed by atoms with van der Waals surface area (Å²) in [5.41, 5.74) is 3.38. The first-order chi connectivity index (χ1) is 14.7. The number of guanidine groups is 1. The molecule has 2 aromatic carbocycles. The van der Waals surface area contributed by atoms with Crippen LogP contribution in [0, 0.1) is 0 Å². The highest BCUT2D eigenvalue weighted by Crippen LogP contribution is 2.22. The van der Waals surface area contributed by atoms with Gasteiger partial charge in [0.25, 0.3) is 0 Å². The van der Waals surface area contributed by atoms with Gasteiger partial charge in [0.1, 0.15) is 5.75 Å². The minimum atomic E-state index is 0. The van der Waals surface area contributed by atoms with Gasteiger partial charge in [0.15, 0.2) is 5.96 Å². The van der Waals surface area contributed by atoms with E-state index in [4.69, 9.17) is 25.8 Å². The summed E-state index contributed by atoms with van der Waals surface area (Å²) in [6.07, 6.45) is 0.790. The molecule has 6 nitrogen and oxygen atoms in total. The summed E-state index contributed by atoms with van der Waals surface area (Å²) in [6, 6.07) is 14.1. The lowest BCUT2D eigenvalue weighted by Crippen LogP contribution is -2.37. The molecule has 0 amide bonds. The number of methoxy groups -OCH3 is 1. The van der Waals surface area contributed by atoms with Gasteiger partial charge < -0.3 is 24.8 Å². The maximum Gasteiger partial charge on any atom is 0.191 e. The monoisotopic (exact) mass is 561 g/mol. The van der Waals surface area contributed by atoms with Crippen molar-refractivity contribution >= 4 is 41.5 Å². The number of nitrogens with one attached hydrogen (secondary N) is 2. The highest BCUT2D eigenvalue weighted by atomic mass is 127. The average molecular weight is 562 g/mol. The predicted octanol–water partition coefficient (Wildman–Crippen LogP) is 4.43. The van der Waals surface area contributed by atoms with Crippen LogP contribution in [0.25, 0.3) is 0 Å². The van der Waals surface area contributed by atoms with Crippen LogP contribution in [-0.4, -0.2) is 46.5 Å². The van der Waals surface area contributed by atoms with E-state index in [0.717, 1.165) is 35.8 Å². The highest BCUT2D eigenvalue weighted by Gasteiger charge is 2.04. The molecule has 0 aliphatic heterocycles.